The summed E-state index contributed by atoms with van der Waals surface area (Å²) in [4.78, 5) is 0. The Morgan fingerprint density at radius 1 is 1.28 bits per heavy atom. The Labute approximate surface area is 111 Å². The standard InChI is InChI=1S/C13H18N4S/c1-3-9-17-12(5-1)15-16-13(17)18-10-4-2-8-14-11-6-7-11/h1,3,5,9,11,14H,2,4,6-8,10H2. The highest BCUT2D eigenvalue weighted by Gasteiger charge is 2.19. The molecule has 0 spiro atoms. The summed E-state index contributed by atoms with van der Waals surface area (Å²) in [6, 6.07) is 6.82. The third-order valence-corrected chi connectivity index (χ3v) is 4.12. The number of nitrogens with zero attached hydrogens (tertiary/aromatic N) is 3. The Bertz CT molecular complexity index is 506. The van der Waals surface area contributed by atoms with Gasteiger partial charge in [-0.15, -0.1) is 10.2 Å². The molecule has 0 radical (unpaired) electrons. The van der Waals surface area contributed by atoms with Crippen molar-refractivity contribution in [1.29, 1.82) is 0 Å². The molecular weight excluding hydrogens is 244 g/mol. The maximum absolute atomic E-state index is 4.21. The first kappa shape index (κ1) is 12.0. The zero-order valence-electron chi connectivity index (χ0n) is 10.4. The number of rotatable bonds is 7. The average molecular weight is 262 g/mol. The van der Waals surface area contributed by atoms with Crippen molar-refractivity contribution >= 4 is 17.4 Å². The summed E-state index contributed by atoms with van der Waals surface area (Å²) in [6.07, 6.45) is 7.25. The predicted molar refractivity (Wildman–Crippen MR) is 74.0 cm³/mol. The van der Waals surface area contributed by atoms with Crippen LogP contribution in [-0.4, -0.2) is 32.9 Å². The molecule has 5 heteroatoms. The van der Waals surface area contributed by atoms with Crippen LogP contribution in [0, 0.1) is 0 Å². The van der Waals surface area contributed by atoms with Crippen molar-refractivity contribution in [2.24, 2.45) is 0 Å². The van der Waals surface area contributed by atoms with Gasteiger partial charge in [0.25, 0.3) is 0 Å². The monoisotopic (exact) mass is 262 g/mol. The minimum absolute atomic E-state index is 0.832. The summed E-state index contributed by atoms with van der Waals surface area (Å²) in [5.74, 6) is 1.11. The third-order valence-electron chi connectivity index (χ3n) is 3.10. The van der Waals surface area contributed by atoms with E-state index in [9.17, 15) is 0 Å². The van der Waals surface area contributed by atoms with E-state index >= 15 is 0 Å². The lowest BCUT2D eigenvalue weighted by Gasteiger charge is -2.02. The van der Waals surface area contributed by atoms with Crippen LogP contribution in [0.15, 0.2) is 29.6 Å². The molecule has 3 rings (SSSR count). The molecule has 0 atom stereocenters. The second-order valence-corrected chi connectivity index (χ2v) is 5.76. The van der Waals surface area contributed by atoms with Gasteiger partial charge in [-0.25, -0.2) is 0 Å². The minimum atomic E-state index is 0.832. The molecule has 1 aliphatic rings. The van der Waals surface area contributed by atoms with Crippen LogP contribution >= 0.6 is 11.8 Å². The van der Waals surface area contributed by atoms with Crippen LogP contribution in [0.3, 0.4) is 0 Å². The molecule has 18 heavy (non-hydrogen) atoms. The second-order valence-electron chi connectivity index (χ2n) is 4.70. The van der Waals surface area contributed by atoms with E-state index in [1.54, 1.807) is 11.8 Å². The van der Waals surface area contributed by atoms with Gasteiger partial charge in [-0.1, -0.05) is 17.8 Å². The number of nitrogens with one attached hydrogen (secondary N) is 1. The van der Waals surface area contributed by atoms with Gasteiger partial charge in [-0.2, -0.15) is 0 Å². The fourth-order valence-electron chi connectivity index (χ4n) is 1.90. The van der Waals surface area contributed by atoms with Crippen molar-refractivity contribution in [2.75, 3.05) is 12.3 Å². The van der Waals surface area contributed by atoms with E-state index in [-0.39, 0.29) is 0 Å². The second kappa shape index (κ2) is 5.71. The number of hydrogen-bond acceptors (Lipinski definition) is 4. The lowest BCUT2D eigenvalue weighted by molar-refractivity contribution is 0.640. The Hall–Kier alpha value is -1.07. The van der Waals surface area contributed by atoms with Crippen LogP contribution in [0.25, 0.3) is 5.65 Å². The van der Waals surface area contributed by atoms with Gasteiger partial charge in [0, 0.05) is 18.0 Å². The molecule has 1 saturated carbocycles. The van der Waals surface area contributed by atoms with E-state index < -0.39 is 0 Å². The topological polar surface area (TPSA) is 42.2 Å². The van der Waals surface area contributed by atoms with Gasteiger partial charge in [-0.05, 0) is 44.4 Å². The summed E-state index contributed by atoms with van der Waals surface area (Å²) >= 11 is 1.79. The van der Waals surface area contributed by atoms with E-state index in [2.05, 4.69) is 15.5 Å². The van der Waals surface area contributed by atoms with Gasteiger partial charge < -0.3 is 5.32 Å². The summed E-state index contributed by atoms with van der Waals surface area (Å²) in [6.45, 7) is 1.16. The summed E-state index contributed by atoms with van der Waals surface area (Å²) in [7, 11) is 0. The van der Waals surface area contributed by atoms with E-state index in [0.29, 0.717) is 0 Å². The normalized spacial score (nSPS) is 15.3. The highest BCUT2D eigenvalue weighted by molar-refractivity contribution is 7.99. The highest BCUT2D eigenvalue weighted by Crippen LogP contribution is 2.19. The van der Waals surface area contributed by atoms with Crippen LogP contribution in [-0.2, 0) is 0 Å². The minimum Gasteiger partial charge on any atom is -0.314 e. The Balaban J connectivity index is 1.41. The molecule has 2 heterocycles. The molecular formula is C13H18N4S. The number of aromatic nitrogens is 3. The fourth-order valence-corrected chi connectivity index (χ4v) is 2.83. The largest absolute Gasteiger partial charge is 0.314 e. The van der Waals surface area contributed by atoms with Crippen molar-refractivity contribution in [2.45, 2.75) is 36.9 Å². The van der Waals surface area contributed by atoms with Crippen LogP contribution in [0.1, 0.15) is 25.7 Å². The third kappa shape index (κ3) is 3.03. The SMILES string of the molecule is c1ccn2c(SCCCCNC3CC3)nnc2c1. The average Bonchev–Trinajstić information content (AvgIpc) is 3.14. The first-order chi connectivity index (χ1) is 8.93. The summed E-state index contributed by atoms with van der Waals surface area (Å²) < 4.78 is 2.05. The van der Waals surface area contributed by atoms with Gasteiger partial charge in [0.2, 0.25) is 0 Å². The van der Waals surface area contributed by atoms with Crippen LogP contribution in [0.5, 0.6) is 0 Å². The molecule has 2 aromatic rings. The van der Waals surface area contributed by atoms with Crippen LogP contribution < -0.4 is 5.32 Å². The maximum atomic E-state index is 4.21. The van der Waals surface area contributed by atoms with Crippen molar-refractivity contribution in [3.63, 3.8) is 0 Å². The molecule has 0 aliphatic heterocycles. The Morgan fingerprint density at radius 2 is 2.22 bits per heavy atom. The summed E-state index contributed by atoms with van der Waals surface area (Å²) in [5.41, 5.74) is 0.926. The fraction of sp³-hybridized carbons (Fsp3) is 0.538. The first-order valence-corrected chi connectivity index (χ1v) is 7.58. The molecule has 0 unspecified atom stereocenters. The number of hydrogen-bond donors (Lipinski definition) is 1. The molecule has 1 aliphatic carbocycles. The van der Waals surface area contributed by atoms with Crippen LogP contribution in [0.2, 0.25) is 0 Å². The zero-order valence-corrected chi connectivity index (χ0v) is 11.2. The van der Waals surface area contributed by atoms with E-state index in [1.807, 2.05) is 28.8 Å². The lowest BCUT2D eigenvalue weighted by atomic mass is 10.3. The number of fused-ring (bicyclic) bond motifs is 1. The molecule has 1 fully saturated rings. The molecule has 0 amide bonds. The van der Waals surface area contributed by atoms with Crippen molar-refractivity contribution < 1.29 is 0 Å². The van der Waals surface area contributed by atoms with E-state index in [0.717, 1.165) is 29.1 Å². The first-order valence-electron chi connectivity index (χ1n) is 6.59. The summed E-state index contributed by atoms with van der Waals surface area (Å²) in [5, 5.41) is 12.9. The molecule has 2 aromatic heterocycles. The van der Waals surface area contributed by atoms with Crippen LogP contribution in [0.4, 0.5) is 0 Å². The molecule has 4 nitrogen and oxygen atoms in total. The Kier molecular flexibility index (Phi) is 3.81. The Morgan fingerprint density at radius 3 is 3.11 bits per heavy atom. The number of thioether (sulfide) groups is 1. The van der Waals surface area contributed by atoms with Gasteiger partial charge in [0.05, 0.1) is 0 Å². The molecule has 1 N–H and O–H groups in total. The number of unbranched alkanes of at least 4 members (excludes halogenated alkanes) is 1. The van der Waals surface area contributed by atoms with Crippen molar-refractivity contribution in [3.05, 3.63) is 24.4 Å². The molecule has 0 bridgehead atoms. The molecule has 0 aromatic carbocycles. The highest BCUT2D eigenvalue weighted by atomic mass is 32.2. The zero-order chi connectivity index (χ0) is 12.2. The quantitative estimate of drug-likeness (QED) is 0.614. The van der Waals surface area contributed by atoms with E-state index in [1.165, 1.54) is 25.7 Å². The maximum Gasteiger partial charge on any atom is 0.195 e. The lowest BCUT2D eigenvalue weighted by Crippen LogP contribution is -2.17. The predicted octanol–water partition coefficient (Wildman–Crippen LogP) is 2.35. The van der Waals surface area contributed by atoms with Crippen molar-refractivity contribution in [1.82, 2.24) is 19.9 Å². The van der Waals surface area contributed by atoms with Gasteiger partial charge in [-0.3, -0.25) is 4.40 Å². The van der Waals surface area contributed by atoms with Gasteiger partial charge >= 0.3 is 0 Å². The number of pyridine rings is 1. The smallest absolute Gasteiger partial charge is 0.195 e. The van der Waals surface area contributed by atoms with Gasteiger partial charge in [0.1, 0.15) is 0 Å². The van der Waals surface area contributed by atoms with Gasteiger partial charge in [0.15, 0.2) is 10.8 Å². The molecule has 0 saturated heterocycles. The van der Waals surface area contributed by atoms with Crippen molar-refractivity contribution in [3.8, 4) is 0 Å². The molecule has 96 valence electrons. The van der Waals surface area contributed by atoms with E-state index in [4.69, 9.17) is 0 Å².